The number of nitrogens with zero attached hydrogens (tertiary/aromatic N) is 1. The summed E-state index contributed by atoms with van der Waals surface area (Å²) in [4.78, 5) is 0. The van der Waals surface area contributed by atoms with Gasteiger partial charge in [0, 0.05) is 0 Å². The zero-order valence-corrected chi connectivity index (χ0v) is 10.3. The molecule has 0 saturated heterocycles. The van der Waals surface area contributed by atoms with E-state index in [1.54, 1.807) is 0 Å². The molecular formula is C13H23NO. The molecule has 2 unspecified atom stereocenters. The van der Waals surface area contributed by atoms with Crippen molar-refractivity contribution < 1.29 is 4.74 Å². The fraction of sp³-hybridized carbons (Fsp3) is 0.923. The maximum absolute atomic E-state index is 9.13. The van der Waals surface area contributed by atoms with Crippen molar-refractivity contribution in [2.24, 2.45) is 5.92 Å². The molecule has 15 heavy (non-hydrogen) atoms. The summed E-state index contributed by atoms with van der Waals surface area (Å²) in [6, 6.07) is 2.42. The Balaban J connectivity index is 2.60. The molecule has 0 radical (unpaired) electrons. The van der Waals surface area contributed by atoms with Crippen LogP contribution >= 0.6 is 0 Å². The quantitative estimate of drug-likeness (QED) is 0.664. The largest absolute Gasteiger partial charge is 0.371 e. The molecule has 86 valence electrons. The summed E-state index contributed by atoms with van der Waals surface area (Å²) in [6.45, 7) is 6.37. The lowest BCUT2D eigenvalue weighted by molar-refractivity contribution is -0.0904. The van der Waals surface area contributed by atoms with Crippen LogP contribution in [-0.2, 0) is 4.74 Å². The van der Waals surface area contributed by atoms with Gasteiger partial charge in [0.05, 0.1) is 23.7 Å². The molecule has 0 aromatic heterocycles. The van der Waals surface area contributed by atoms with E-state index in [9.17, 15) is 0 Å². The van der Waals surface area contributed by atoms with Crippen LogP contribution in [0.5, 0.6) is 0 Å². The molecular weight excluding hydrogens is 186 g/mol. The van der Waals surface area contributed by atoms with Crippen molar-refractivity contribution in [3.05, 3.63) is 0 Å². The first-order valence-electron chi connectivity index (χ1n) is 6.16. The van der Waals surface area contributed by atoms with E-state index in [0.717, 1.165) is 19.3 Å². The van der Waals surface area contributed by atoms with Gasteiger partial charge < -0.3 is 4.74 Å². The van der Waals surface area contributed by atoms with Gasteiger partial charge in [0.25, 0.3) is 0 Å². The molecule has 1 saturated carbocycles. The maximum atomic E-state index is 9.13. The molecule has 2 heteroatoms. The number of hydrogen-bond donors (Lipinski definition) is 0. The van der Waals surface area contributed by atoms with Gasteiger partial charge >= 0.3 is 0 Å². The van der Waals surface area contributed by atoms with Crippen molar-refractivity contribution in [2.75, 3.05) is 0 Å². The van der Waals surface area contributed by atoms with Crippen molar-refractivity contribution in [3.63, 3.8) is 0 Å². The molecule has 0 aliphatic heterocycles. The number of ether oxygens (including phenoxy) is 1. The second-order valence-corrected chi connectivity index (χ2v) is 5.14. The second-order valence-electron chi connectivity index (χ2n) is 5.14. The van der Waals surface area contributed by atoms with E-state index in [1.165, 1.54) is 19.3 Å². The first-order valence-corrected chi connectivity index (χ1v) is 6.16. The zero-order chi connectivity index (χ0) is 11.3. The SMILES string of the molecule is CCC(C)(C)OC1CCCCCC1C#N. The first-order chi connectivity index (χ1) is 7.09. The number of rotatable bonds is 3. The van der Waals surface area contributed by atoms with Crippen molar-refractivity contribution in [2.45, 2.75) is 71.0 Å². The Labute approximate surface area is 93.6 Å². The zero-order valence-electron chi connectivity index (χ0n) is 10.3. The van der Waals surface area contributed by atoms with Crippen LogP contribution < -0.4 is 0 Å². The van der Waals surface area contributed by atoms with E-state index in [-0.39, 0.29) is 17.6 Å². The van der Waals surface area contributed by atoms with Crippen LogP contribution in [0.15, 0.2) is 0 Å². The Morgan fingerprint density at radius 2 is 1.93 bits per heavy atom. The van der Waals surface area contributed by atoms with Crippen LogP contribution in [0, 0.1) is 17.2 Å². The molecule has 1 rings (SSSR count). The highest BCUT2D eigenvalue weighted by molar-refractivity contribution is 4.91. The fourth-order valence-electron chi connectivity index (χ4n) is 2.06. The van der Waals surface area contributed by atoms with Gasteiger partial charge in [0.2, 0.25) is 0 Å². The van der Waals surface area contributed by atoms with Crippen LogP contribution in [0.3, 0.4) is 0 Å². The molecule has 1 aliphatic carbocycles. The molecule has 2 atom stereocenters. The summed E-state index contributed by atoms with van der Waals surface area (Å²) in [6.07, 6.45) is 6.88. The van der Waals surface area contributed by atoms with E-state index >= 15 is 0 Å². The van der Waals surface area contributed by atoms with Crippen molar-refractivity contribution >= 4 is 0 Å². The third-order valence-corrected chi connectivity index (χ3v) is 3.44. The third kappa shape index (κ3) is 3.83. The summed E-state index contributed by atoms with van der Waals surface area (Å²) in [5.74, 6) is 0.110. The third-order valence-electron chi connectivity index (χ3n) is 3.44. The highest BCUT2D eigenvalue weighted by Crippen LogP contribution is 2.29. The predicted octanol–water partition coefficient (Wildman–Crippen LogP) is 3.66. The molecule has 0 amide bonds. The van der Waals surface area contributed by atoms with Gasteiger partial charge in [0.1, 0.15) is 0 Å². The summed E-state index contributed by atoms with van der Waals surface area (Å²) in [7, 11) is 0. The van der Waals surface area contributed by atoms with Crippen LogP contribution in [-0.4, -0.2) is 11.7 Å². The van der Waals surface area contributed by atoms with Gasteiger partial charge in [-0.3, -0.25) is 0 Å². The molecule has 0 bridgehead atoms. The Kier molecular flexibility index (Phi) is 4.60. The van der Waals surface area contributed by atoms with Crippen LogP contribution in [0.1, 0.15) is 59.3 Å². The Morgan fingerprint density at radius 1 is 1.27 bits per heavy atom. The standard InChI is InChI=1S/C13H23NO/c1-4-13(2,3)15-12-9-7-5-6-8-11(12)10-14/h11-12H,4-9H2,1-3H3. The second kappa shape index (κ2) is 5.51. The maximum Gasteiger partial charge on any atom is 0.0740 e. The Hall–Kier alpha value is -0.550. The van der Waals surface area contributed by atoms with Gasteiger partial charge in [-0.05, 0) is 33.1 Å². The molecule has 1 aliphatic rings. The van der Waals surface area contributed by atoms with E-state index in [2.05, 4.69) is 26.8 Å². The molecule has 0 N–H and O–H groups in total. The minimum Gasteiger partial charge on any atom is -0.371 e. The molecule has 1 fully saturated rings. The highest BCUT2D eigenvalue weighted by Gasteiger charge is 2.29. The molecule has 0 aromatic carbocycles. The van der Waals surface area contributed by atoms with Gasteiger partial charge in [-0.2, -0.15) is 5.26 Å². The fourth-order valence-corrected chi connectivity index (χ4v) is 2.06. The minimum atomic E-state index is -0.0793. The lowest BCUT2D eigenvalue weighted by atomic mass is 9.97. The smallest absolute Gasteiger partial charge is 0.0740 e. The first kappa shape index (κ1) is 12.5. The lowest BCUT2D eigenvalue weighted by Gasteiger charge is -2.31. The monoisotopic (exact) mass is 209 g/mol. The minimum absolute atomic E-state index is 0.0793. The van der Waals surface area contributed by atoms with Gasteiger partial charge in [-0.25, -0.2) is 0 Å². The highest BCUT2D eigenvalue weighted by atomic mass is 16.5. The Morgan fingerprint density at radius 3 is 2.53 bits per heavy atom. The van der Waals surface area contributed by atoms with Crippen LogP contribution in [0.4, 0.5) is 0 Å². The van der Waals surface area contributed by atoms with Crippen LogP contribution in [0.25, 0.3) is 0 Å². The molecule has 0 aromatic rings. The molecule has 2 nitrogen and oxygen atoms in total. The normalized spacial score (nSPS) is 28.1. The van der Waals surface area contributed by atoms with Crippen molar-refractivity contribution in [3.8, 4) is 6.07 Å². The summed E-state index contributed by atoms with van der Waals surface area (Å²) in [5.41, 5.74) is -0.0793. The van der Waals surface area contributed by atoms with Gasteiger partial charge in [0.15, 0.2) is 0 Å². The Bertz CT molecular complexity index is 229. The summed E-state index contributed by atoms with van der Waals surface area (Å²) >= 11 is 0. The summed E-state index contributed by atoms with van der Waals surface area (Å²) in [5, 5.41) is 9.13. The average Bonchev–Trinajstić information content (AvgIpc) is 2.42. The number of nitriles is 1. The van der Waals surface area contributed by atoms with E-state index < -0.39 is 0 Å². The average molecular weight is 209 g/mol. The van der Waals surface area contributed by atoms with Gasteiger partial charge in [-0.1, -0.05) is 26.2 Å². The van der Waals surface area contributed by atoms with E-state index in [4.69, 9.17) is 10.00 Å². The van der Waals surface area contributed by atoms with E-state index in [1.807, 2.05) is 0 Å². The predicted molar refractivity (Wildman–Crippen MR) is 61.4 cm³/mol. The lowest BCUT2D eigenvalue weighted by Crippen LogP contribution is -2.33. The van der Waals surface area contributed by atoms with Crippen LogP contribution in [0.2, 0.25) is 0 Å². The molecule has 0 spiro atoms. The van der Waals surface area contributed by atoms with Crippen molar-refractivity contribution in [1.82, 2.24) is 0 Å². The van der Waals surface area contributed by atoms with E-state index in [0.29, 0.717) is 0 Å². The topological polar surface area (TPSA) is 33.0 Å². The van der Waals surface area contributed by atoms with Gasteiger partial charge in [-0.15, -0.1) is 0 Å². The summed E-state index contributed by atoms with van der Waals surface area (Å²) < 4.78 is 6.09. The number of hydrogen-bond acceptors (Lipinski definition) is 2. The molecule has 0 heterocycles. The van der Waals surface area contributed by atoms with Crippen molar-refractivity contribution in [1.29, 1.82) is 5.26 Å².